The van der Waals surface area contributed by atoms with Crippen LogP contribution >= 0.6 is 0 Å². The first-order valence-corrected chi connectivity index (χ1v) is 24.8. The number of anilines is 2. The molecule has 2 amide bonds. The number of methoxy groups -OCH3 is 2. The number of nitrogens with zero attached hydrogens (tertiary/aromatic N) is 7. The molecule has 0 atom stereocenters. The van der Waals surface area contributed by atoms with E-state index in [0.717, 1.165) is 48.1 Å². The van der Waals surface area contributed by atoms with Gasteiger partial charge in [0.05, 0.1) is 25.6 Å². The van der Waals surface area contributed by atoms with Crippen LogP contribution in [0.4, 0.5) is 37.7 Å². The van der Waals surface area contributed by atoms with Crippen LogP contribution in [0.2, 0.25) is 0 Å². The number of aromatic nitrogens is 4. The van der Waals surface area contributed by atoms with E-state index in [1.165, 1.54) is 51.0 Å². The van der Waals surface area contributed by atoms with Gasteiger partial charge in [-0.1, -0.05) is 37.1 Å². The van der Waals surface area contributed by atoms with Crippen molar-refractivity contribution < 1.29 is 45.4 Å². The van der Waals surface area contributed by atoms with Crippen LogP contribution in [0, 0.1) is 0 Å². The third-order valence-electron chi connectivity index (χ3n) is 15.2. The van der Waals surface area contributed by atoms with Crippen molar-refractivity contribution in [1.82, 2.24) is 29.8 Å². The summed E-state index contributed by atoms with van der Waals surface area (Å²) in [6.45, 7) is 2.24. The molecule has 3 aliphatic carbocycles. The topological polar surface area (TPSA) is 110 Å². The number of benzene rings is 4. The molecule has 2 aromatic heterocycles. The number of alkyl halides is 6. The van der Waals surface area contributed by atoms with Gasteiger partial charge in [0.1, 0.15) is 22.9 Å². The summed E-state index contributed by atoms with van der Waals surface area (Å²) >= 11 is 0. The molecule has 18 heteroatoms. The summed E-state index contributed by atoms with van der Waals surface area (Å²) in [7, 11) is 7.13. The van der Waals surface area contributed by atoms with E-state index >= 15 is 0 Å². The molecule has 1 N–H and O–H groups in total. The van der Waals surface area contributed by atoms with Crippen molar-refractivity contribution in [2.24, 2.45) is 0 Å². The molecular formula is C55H58F6N8O4. The number of halogens is 6. The average molecular weight is 1010 g/mol. The lowest BCUT2D eigenvalue weighted by atomic mass is 9.94. The van der Waals surface area contributed by atoms with Crippen molar-refractivity contribution in [2.75, 3.05) is 64.3 Å². The molecule has 0 spiro atoms. The van der Waals surface area contributed by atoms with Gasteiger partial charge in [0.15, 0.2) is 11.4 Å². The number of fused-ring (bicyclic) bond motifs is 2. The molecule has 0 bridgehead atoms. The molecular weight excluding hydrogens is 951 g/mol. The van der Waals surface area contributed by atoms with Gasteiger partial charge in [0, 0.05) is 65.6 Å². The van der Waals surface area contributed by atoms with Crippen molar-refractivity contribution in [3.05, 3.63) is 142 Å². The molecule has 3 saturated carbocycles. The Kier molecular flexibility index (Phi) is 13.2. The molecule has 73 heavy (non-hydrogen) atoms. The molecule has 384 valence electrons. The quantitative estimate of drug-likeness (QED) is 0.114. The molecule has 0 unspecified atom stereocenters. The largest absolute Gasteiger partial charge is 0.497 e. The van der Waals surface area contributed by atoms with Gasteiger partial charge in [-0.2, -0.15) is 36.5 Å². The maximum Gasteiger partial charge on any atom is 0.435 e. The highest BCUT2D eigenvalue weighted by Gasteiger charge is 2.48. The van der Waals surface area contributed by atoms with E-state index < -0.39 is 35.6 Å². The Morgan fingerprint density at radius 2 is 0.973 bits per heavy atom. The molecule has 11 rings (SSSR count). The predicted molar refractivity (Wildman–Crippen MR) is 265 cm³/mol. The van der Waals surface area contributed by atoms with Gasteiger partial charge in [0.25, 0.3) is 11.8 Å². The van der Waals surface area contributed by atoms with E-state index in [1.54, 1.807) is 58.3 Å². The van der Waals surface area contributed by atoms with Crippen LogP contribution in [-0.4, -0.2) is 96.8 Å². The van der Waals surface area contributed by atoms with Crippen LogP contribution in [0.15, 0.2) is 97.1 Å². The van der Waals surface area contributed by atoms with Crippen LogP contribution < -0.4 is 24.6 Å². The third kappa shape index (κ3) is 9.83. The summed E-state index contributed by atoms with van der Waals surface area (Å²) in [4.78, 5) is 32.5. The Morgan fingerprint density at radius 1 is 0.589 bits per heavy atom. The summed E-state index contributed by atoms with van der Waals surface area (Å²) < 4.78 is 95.5. The number of carbonyl (C=O) groups excluding carboxylic acids is 2. The number of hydrogen-bond acceptors (Lipinski definition) is 8. The van der Waals surface area contributed by atoms with E-state index in [9.17, 15) is 35.9 Å². The van der Waals surface area contributed by atoms with Gasteiger partial charge in [-0.05, 0) is 149 Å². The first-order chi connectivity index (χ1) is 34.9. The first-order valence-electron chi connectivity index (χ1n) is 24.8. The Bertz CT molecular complexity index is 2970. The highest BCUT2D eigenvalue weighted by Crippen LogP contribution is 2.50. The highest BCUT2D eigenvalue weighted by atomic mass is 19.4. The van der Waals surface area contributed by atoms with Crippen LogP contribution in [-0.2, 0) is 36.0 Å². The van der Waals surface area contributed by atoms with Gasteiger partial charge in [-0.15, -0.1) is 0 Å². The molecule has 2 aliphatic heterocycles. The minimum absolute atomic E-state index is 0.0442. The number of rotatable bonds is 13. The SMILES string of the molecule is COc1ccc(-n2nc(C(F)(F)F)c3c2C(=O)N(c2ccc(C4(CN(C)C)CC4)cc2)CC3)cc1.COc1ccc(-n2nc(C(F)(F)F)c3c2C(=O)N(c2ccc(C4(CNC5CCCC5)CC4)cc2)CC3)cc1. The number of amides is 2. The smallest absolute Gasteiger partial charge is 0.435 e. The molecule has 12 nitrogen and oxygen atoms in total. The minimum atomic E-state index is -4.66. The van der Waals surface area contributed by atoms with Crippen molar-refractivity contribution in [1.29, 1.82) is 0 Å². The predicted octanol–water partition coefficient (Wildman–Crippen LogP) is 10.4. The van der Waals surface area contributed by atoms with E-state index in [4.69, 9.17) is 9.47 Å². The summed E-state index contributed by atoms with van der Waals surface area (Å²) in [5.41, 5.74) is 2.63. The second kappa shape index (κ2) is 19.3. The van der Waals surface area contributed by atoms with E-state index in [2.05, 4.69) is 46.6 Å². The summed E-state index contributed by atoms with van der Waals surface area (Å²) in [5, 5.41) is 11.5. The monoisotopic (exact) mass is 1010 g/mol. The van der Waals surface area contributed by atoms with Gasteiger partial charge in [0.2, 0.25) is 0 Å². The highest BCUT2D eigenvalue weighted by molar-refractivity contribution is 6.08. The van der Waals surface area contributed by atoms with Crippen molar-refractivity contribution >= 4 is 23.2 Å². The second-order valence-corrected chi connectivity index (χ2v) is 20.2. The Balaban J connectivity index is 0.000000168. The molecule has 3 fully saturated rings. The number of ether oxygens (including phenoxy) is 2. The average Bonchev–Trinajstić information content (AvgIpc) is 4.14. The normalized spacial score (nSPS) is 18.1. The fourth-order valence-electron chi connectivity index (χ4n) is 11.0. The van der Waals surface area contributed by atoms with Gasteiger partial charge >= 0.3 is 12.4 Å². The van der Waals surface area contributed by atoms with Crippen molar-refractivity contribution in [3.63, 3.8) is 0 Å². The van der Waals surface area contributed by atoms with E-state index in [-0.39, 0.29) is 59.3 Å². The second-order valence-electron chi connectivity index (χ2n) is 20.2. The Labute approximate surface area is 419 Å². The Morgan fingerprint density at radius 3 is 1.33 bits per heavy atom. The minimum Gasteiger partial charge on any atom is -0.497 e. The fourth-order valence-corrected chi connectivity index (χ4v) is 11.0. The molecule has 4 heterocycles. The summed E-state index contributed by atoms with van der Waals surface area (Å²) in [6, 6.07) is 29.4. The number of hydrogen-bond donors (Lipinski definition) is 1. The van der Waals surface area contributed by atoms with Gasteiger partial charge < -0.3 is 29.5 Å². The maximum absolute atomic E-state index is 13.9. The van der Waals surface area contributed by atoms with Crippen LogP contribution in [0.5, 0.6) is 11.5 Å². The lowest BCUT2D eigenvalue weighted by Gasteiger charge is -2.28. The Hall–Kier alpha value is -6.66. The zero-order chi connectivity index (χ0) is 51.5. The van der Waals surface area contributed by atoms with E-state index in [1.807, 2.05) is 36.4 Å². The zero-order valence-corrected chi connectivity index (χ0v) is 41.2. The zero-order valence-electron chi connectivity index (χ0n) is 41.2. The number of nitrogens with one attached hydrogen (secondary N) is 1. The molecule has 0 radical (unpaired) electrons. The van der Waals surface area contributed by atoms with Crippen LogP contribution in [0.3, 0.4) is 0 Å². The van der Waals surface area contributed by atoms with Crippen molar-refractivity contribution in [2.45, 2.75) is 93.4 Å². The van der Waals surface area contributed by atoms with Crippen molar-refractivity contribution in [3.8, 4) is 22.9 Å². The van der Waals surface area contributed by atoms with Crippen LogP contribution in [0.1, 0.15) is 106 Å². The maximum atomic E-state index is 13.9. The third-order valence-corrected chi connectivity index (χ3v) is 15.2. The molecule has 4 aromatic carbocycles. The molecule has 5 aliphatic rings. The number of carbonyl (C=O) groups is 2. The van der Waals surface area contributed by atoms with E-state index in [0.29, 0.717) is 40.3 Å². The first kappa shape index (κ1) is 49.9. The van der Waals surface area contributed by atoms with Gasteiger partial charge in [-0.3, -0.25) is 9.59 Å². The van der Waals surface area contributed by atoms with Crippen LogP contribution in [0.25, 0.3) is 11.4 Å². The fraction of sp³-hybridized carbons (Fsp3) is 0.418. The summed E-state index contributed by atoms with van der Waals surface area (Å²) in [5.74, 6) is 0.140. The lowest BCUT2D eigenvalue weighted by molar-refractivity contribution is -0.142. The van der Waals surface area contributed by atoms with Gasteiger partial charge in [-0.25, -0.2) is 9.36 Å². The lowest BCUT2D eigenvalue weighted by Crippen LogP contribution is -2.39. The molecule has 0 saturated heterocycles. The number of likely N-dealkylation sites (N-methyl/N-ethyl adjacent to an activating group) is 1. The standard InChI is InChI=1S/C29H31F3N4O2.C26H27F3N4O2/c1-38-23-12-10-22(11-13-23)36-25-24(26(34-36)29(30,31)32)14-17-35(27(25)37)21-8-6-19(7-9-21)28(15-16-28)18-33-20-4-2-3-5-20;1-31(2)16-25(13-14-25)17-4-6-18(7-5-17)32-15-12-21-22(24(32)34)33(30-23(21)26(27,28)29)19-8-10-20(35-3)11-9-19/h6-13,20,33H,2-5,14-18H2,1H3;4-11H,12-16H2,1-3H3. The summed E-state index contributed by atoms with van der Waals surface area (Å²) in [6.07, 6.45) is 0.442. The molecule has 6 aromatic rings.